The summed E-state index contributed by atoms with van der Waals surface area (Å²) in [6, 6.07) is 9.78. The summed E-state index contributed by atoms with van der Waals surface area (Å²) in [7, 11) is 0. The van der Waals surface area contributed by atoms with Gasteiger partial charge in [0, 0.05) is 5.69 Å². The minimum atomic E-state index is -1.33. The minimum Gasteiger partial charge on any atom is -0.480 e. The summed E-state index contributed by atoms with van der Waals surface area (Å²) in [4.78, 5) is 23.3. The van der Waals surface area contributed by atoms with Gasteiger partial charge in [-0.1, -0.05) is 30.3 Å². The number of aromatic nitrogens is 2. The zero-order valence-corrected chi connectivity index (χ0v) is 12.8. The fraction of sp³-hybridized carbons (Fsp3) is 0.312. The van der Waals surface area contributed by atoms with Crippen LogP contribution in [0.5, 0.6) is 0 Å². The number of carboxylic acids is 1. The number of nitrogens with zero attached hydrogens (tertiary/aromatic N) is 2. The van der Waals surface area contributed by atoms with E-state index in [9.17, 15) is 9.59 Å². The van der Waals surface area contributed by atoms with Gasteiger partial charge in [-0.3, -0.25) is 9.48 Å². The molecule has 2 aromatic rings. The van der Waals surface area contributed by atoms with Crippen LogP contribution in [-0.4, -0.2) is 32.3 Å². The Balaban J connectivity index is 2.17. The Hall–Kier alpha value is -2.63. The third-order valence-corrected chi connectivity index (χ3v) is 3.48. The Kier molecular flexibility index (Phi) is 4.30. The Bertz CT molecular complexity index is 690. The first-order valence-electron chi connectivity index (χ1n) is 6.93. The van der Waals surface area contributed by atoms with Crippen LogP contribution in [0, 0.1) is 6.92 Å². The van der Waals surface area contributed by atoms with Crippen molar-refractivity contribution >= 4 is 11.9 Å². The van der Waals surface area contributed by atoms with Gasteiger partial charge in [0.05, 0.1) is 18.3 Å². The SMILES string of the molecule is Cc1c(C(=O)NC(C)(C)C(=O)O)cnn1Cc1ccccc1. The van der Waals surface area contributed by atoms with Crippen LogP contribution in [-0.2, 0) is 11.3 Å². The Morgan fingerprint density at radius 1 is 1.27 bits per heavy atom. The van der Waals surface area contributed by atoms with Gasteiger partial charge in [-0.25, -0.2) is 4.79 Å². The molecule has 1 aromatic heterocycles. The zero-order valence-electron chi connectivity index (χ0n) is 12.8. The van der Waals surface area contributed by atoms with E-state index < -0.39 is 17.4 Å². The Morgan fingerprint density at radius 2 is 1.91 bits per heavy atom. The van der Waals surface area contributed by atoms with Gasteiger partial charge in [0.2, 0.25) is 0 Å². The van der Waals surface area contributed by atoms with Gasteiger partial charge < -0.3 is 10.4 Å². The first-order chi connectivity index (χ1) is 10.3. The summed E-state index contributed by atoms with van der Waals surface area (Å²) in [6.45, 7) is 5.23. The van der Waals surface area contributed by atoms with E-state index in [0.717, 1.165) is 5.56 Å². The van der Waals surface area contributed by atoms with Crippen LogP contribution < -0.4 is 5.32 Å². The Morgan fingerprint density at radius 3 is 2.50 bits per heavy atom. The predicted octanol–water partition coefficient (Wildman–Crippen LogP) is 1.83. The molecule has 22 heavy (non-hydrogen) atoms. The number of benzene rings is 1. The van der Waals surface area contributed by atoms with Crippen molar-refractivity contribution in [3.05, 3.63) is 53.3 Å². The molecule has 1 amide bonds. The first-order valence-corrected chi connectivity index (χ1v) is 6.93. The standard InChI is InChI=1S/C16H19N3O3/c1-11-13(14(20)18-16(2,3)15(21)22)9-17-19(11)10-12-7-5-4-6-8-12/h4-9H,10H2,1-3H3,(H,18,20)(H,21,22). The number of rotatable bonds is 5. The van der Waals surface area contributed by atoms with E-state index >= 15 is 0 Å². The second-order valence-corrected chi connectivity index (χ2v) is 5.67. The second kappa shape index (κ2) is 6.01. The third-order valence-electron chi connectivity index (χ3n) is 3.48. The molecule has 0 spiro atoms. The fourth-order valence-corrected chi connectivity index (χ4v) is 1.99. The number of nitrogens with one attached hydrogen (secondary N) is 1. The van der Waals surface area contributed by atoms with Gasteiger partial charge in [-0.15, -0.1) is 0 Å². The van der Waals surface area contributed by atoms with Crippen LogP contribution in [0.1, 0.15) is 35.5 Å². The number of hydrogen-bond acceptors (Lipinski definition) is 3. The highest BCUT2D eigenvalue weighted by Gasteiger charge is 2.30. The number of carbonyl (C=O) groups is 2. The summed E-state index contributed by atoms with van der Waals surface area (Å²) >= 11 is 0. The van der Waals surface area contributed by atoms with Gasteiger partial charge in [0.25, 0.3) is 5.91 Å². The highest BCUT2D eigenvalue weighted by atomic mass is 16.4. The molecule has 0 aliphatic heterocycles. The van der Waals surface area contributed by atoms with Gasteiger partial charge in [0.15, 0.2) is 0 Å². The van der Waals surface area contributed by atoms with E-state index in [0.29, 0.717) is 17.8 Å². The molecule has 0 bridgehead atoms. The fourth-order valence-electron chi connectivity index (χ4n) is 1.99. The maximum absolute atomic E-state index is 12.2. The molecule has 0 radical (unpaired) electrons. The summed E-state index contributed by atoms with van der Waals surface area (Å²) in [5.41, 5.74) is 0.824. The molecule has 0 atom stereocenters. The lowest BCUT2D eigenvalue weighted by Gasteiger charge is -2.20. The van der Waals surface area contributed by atoms with Gasteiger partial charge in [-0.05, 0) is 26.3 Å². The molecule has 2 rings (SSSR count). The topological polar surface area (TPSA) is 84.2 Å². The lowest BCUT2D eigenvalue weighted by molar-refractivity contribution is -0.143. The molecule has 0 aliphatic carbocycles. The van der Waals surface area contributed by atoms with Gasteiger partial charge in [0.1, 0.15) is 5.54 Å². The van der Waals surface area contributed by atoms with E-state index in [1.165, 1.54) is 20.0 Å². The van der Waals surface area contributed by atoms with E-state index in [1.54, 1.807) is 11.6 Å². The van der Waals surface area contributed by atoms with Crippen molar-refractivity contribution in [1.82, 2.24) is 15.1 Å². The molecule has 6 heteroatoms. The molecule has 1 aromatic carbocycles. The maximum Gasteiger partial charge on any atom is 0.328 e. The quantitative estimate of drug-likeness (QED) is 0.882. The molecule has 0 unspecified atom stereocenters. The molecule has 0 saturated heterocycles. The summed E-state index contributed by atoms with van der Waals surface area (Å²) < 4.78 is 1.72. The second-order valence-electron chi connectivity index (χ2n) is 5.67. The normalized spacial score (nSPS) is 11.2. The average molecular weight is 301 g/mol. The summed E-state index contributed by atoms with van der Waals surface area (Å²) in [6.07, 6.45) is 1.46. The van der Waals surface area contributed by atoms with Crippen LogP contribution in [0.2, 0.25) is 0 Å². The highest BCUT2D eigenvalue weighted by Crippen LogP contribution is 2.12. The van der Waals surface area contributed by atoms with Crippen LogP contribution in [0.25, 0.3) is 0 Å². The average Bonchev–Trinajstić information content (AvgIpc) is 2.81. The van der Waals surface area contributed by atoms with Crippen molar-refractivity contribution in [3.8, 4) is 0 Å². The lowest BCUT2D eigenvalue weighted by Crippen LogP contribution is -2.49. The molecule has 2 N–H and O–H groups in total. The highest BCUT2D eigenvalue weighted by molar-refractivity contribution is 5.98. The van der Waals surface area contributed by atoms with Crippen molar-refractivity contribution in [2.24, 2.45) is 0 Å². The number of carbonyl (C=O) groups excluding carboxylic acids is 1. The third kappa shape index (κ3) is 3.33. The molecule has 0 saturated carbocycles. The smallest absolute Gasteiger partial charge is 0.328 e. The van der Waals surface area contributed by atoms with Crippen LogP contribution >= 0.6 is 0 Å². The van der Waals surface area contributed by atoms with Crippen molar-refractivity contribution < 1.29 is 14.7 Å². The maximum atomic E-state index is 12.2. The lowest BCUT2D eigenvalue weighted by atomic mass is 10.1. The van der Waals surface area contributed by atoms with Crippen molar-refractivity contribution in [2.45, 2.75) is 32.9 Å². The van der Waals surface area contributed by atoms with E-state index in [4.69, 9.17) is 5.11 Å². The van der Waals surface area contributed by atoms with E-state index in [2.05, 4.69) is 10.4 Å². The molecular formula is C16H19N3O3. The monoisotopic (exact) mass is 301 g/mol. The number of hydrogen-bond donors (Lipinski definition) is 2. The Labute approximate surface area is 128 Å². The zero-order chi connectivity index (χ0) is 16.3. The predicted molar refractivity (Wildman–Crippen MR) is 81.7 cm³/mol. The molecule has 0 fully saturated rings. The van der Waals surface area contributed by atoms with E-state index in [-0.39, 0.29) is 0 Å². The van der Waals surface area contributed by atoms with Crippen LogP contribution in [0.4, 0.5) is 0 Å². The van der Waals surface area contributed by atoms with E-state index in [1.807, 2.05) is 30.3 Å². The van der Waals surface area contributed by atoms with Gasteiger partial charge >= 0.3 is 5.97 Å². The number of carboxylic acid groups (broad SMARTS) is 1. The molecule has 1 heterocycles. The van der Waals surface area contributed by atoms with Crippen LogP contribution in [0.15, 0.2) is 36.5 Å². The van der Waals surface area contributed by atoms with Crippen molar-refractivity contribution in [2.75, 3.05) is 0 Å². The van der Waals surface area contributed by atoms with Crippen molar-refractivity contribution in [3.63, 3.8) is 0 Å². The van der Waals surface area contributed by atoms with Crippen molar-refractivity contribution in [1.29, 1.82) is 0 Å². The first kappa shape index (κ1) is 15.8. The summed E-state index contributed by atoms with van der Waals surface area (Å²) in [5.74, 6) is -1.53. The summed E-state index contributed by atoms with van der Waals surface area (Å²) in [5, 5.41) is 15.8. The van der Waals surface area contributed by atoms with Gasteiger partial charge in [-0.2, -0.15) is 5.10 Å². The molecule has 0 aliphatic rings. The molecular weight excluding hydrogens is 282 g/mol. The number of amides is 1. The van der Waals surface area contributed by atoms with Crippen LogP contribution in [0.3, 0.4) is 0 Å². The minimum absolute atomic E-state index is 0.380. The molecule has 6 nitrogen and oxygen atoms in total. The number of aliphatic carboxylic acids is 1. The largest absolute Gasteiger partial charge is 0.480 e. The molecule has 116 valence electrons.